The third-order valence-corrected chi connectivity index (χ3v) is 5.08. The van der Waals surface area contributed by atoms with Crippen LogP contribution in [0, 0.1) is 11.8 Å². The highest BCUT2D eigenvalue weighted by Crippen LogP contribution is 2.25. The van der Waals surface area contributed by atoms with E-state index in [1.807, 2.05) is 0 Å². The van der Waals surface area contributed by atoms with Crippen LogP contribution in [-0.4, -0.2) is 61.0 Å². The molecule has 2 fully saturated rings. The molecule has 2 aliphatic rings. The summed E-state index contributed by atoms with van der Waals surface area (Å²) in [4.78, 5) is 17.0. The van der Waals surface area contributed by atoms with E-state index in [1.165, 1.54) is 12.8 Å². The van der Waals surface area contributed by atoms with Crippen molar-refractivity contribution in [1.29, 1.82) is 0 Å². The zero-order valence-electron chi connectivity index (χ0n) is 13.4. The molecule has 0 spiro atoms. The van der Waals surface area contributed by atoms with E-state index in [9.17, 15) is 4.79 Å². The van der Waals surface area contributed by atoms with Crippen LogP contribution in [0.1, 0.15) is 40.0 Å². The summed E-state index contributed by atoms with van der Waals surface area (Å²) in [5.74, 6) is 1.64. The lowest BCUT2D eigenvalue weighted by atomic mass is 9.84. The largest absolute Gasteiger partial charge is 0.340 e. The smallest absolute Gasteiger partial charge is 0.222 e. The van der Waals surface area contributed by atoms with Gasteiger partial charge in [0.15, 0.2) is 0 Å². The summed E-state index contributed by atoms with van der Waals surface area (Å²) >= 11 is 0. The maximum Gasteiger partial charge on any atom is 0.222 e. The van der Waals surface area contributed by atoms with Crippen molar-refractivity contribution in [2.45, 2.75) is 46.1 Å². The fourth-order valence-electron chi connectivity index (χ4n) is 3.47. The quantitative estimate of drug-likeness (QED) is 0.849. The number of carbonyl (C=O) groups is 1. The van der Waals surface area contributed by atoms with Crippen LogP contribution in [0.4, 0.5) is 0 Å². The Morgan fingerprint density at radius 3 is 2.25 bits per heavy atom. The Balaban J connectivity index is 1.74. The van der Waals surface area contributed by atoms with E-state index < -0.39 is 0 Å². The predicted molar refractivity (Wildman–Crippen MR) is 82.7 cm³/mol. The molecule has 1 unspecified atom stereocenters. The van der Waals surface area contributed by atoms with E-state index >= 15 is 0 Å². The first-order valence-corrected chi connectivity index (χ1v) is 8.30. The Morgan fingerprint density at radius 2 is 1.70 bits per heavy atom. The predicted octanol–water partition coefficient (Wildman–Crippen LogP) is 1.56. The molecule has 1 amide bonds. The van der Waals surface area contributed by atoms with Crippen molar-refractivity contribution < 1.29 is 4.79 Å². The van der Waals surface area contributed by atoms with Crippen LogP contribution < -0.4 is 5.32 Å². The molecular weight excluding hydrogens is 250 g/mol. The van der Waals surface area contributed by atoms with Crippen LogP contribution in [0.15, 0.2) is 0 Å². The standard InChI is InChI=1S/C16H31N3O/c1-13(2)18-8-10-19(11-9-18)16(20)12-14(3)15-4-6-17-7-5-15/h13-15,17H,4-12H2,1-3H3. The first kappa shape index (κ1) is 15.8. The van der Waals surface area contributed by atoms with Crippen LogP contribution in [0.25, 0.3) is 0 Å². The molecule has 0 saturated carbocycles. The zero-order chi connectivity index (χ0) is 14.5. The van der Waals surface area contributed by atoms with E-state index in [2.05, 4.69) is 35.9 Å². The molecule has 0 aromatic rings. The number of amides is 1. The molecule has 2 aliphatic heterocycles. The highest BCUT2D eigenvalue weighted by molar-refractivity contribution is 5.76. The third-order valence-electron chi connectivity index (χ3n) is 5.08. The Labute approximate surface area is 123 Å². The van der Waals surface area contributed by atoms with Crippen LogP contribution in [0.2, 0.25) is 0 Å². The summed E-state index contributed by atoms with van der Waals surface area (Å²) in [7, 11) is 0. The average Bonchev–Trinajstić information content (AvgIpc) is 2.48. The molecule has 0 bridgehead atoms. The molecule has 2 heterocycles. The number of hydrogen-bond acceptors (Lipinski definition) is 3. The van der Waals surface area contributed by atoms with Gasteiger partial charge in [0.1, 0.15) is 0 Å². The van der Waals surface area contributed by atoms with E-state index in [0.717, 1.165) is 51.6 Å². The second-order valence-corrected chi connectivity index (χ2v) is 6.78. The Morgan fingerprint density at radius 1 is 1.10 bits per heavy atom. The lowest BCUT2D eigenvalue weighted by Crippen LogP contribution is -2.51. The maximum absolute atomic E-state index is 12.4. The molecule has 0 aliphatic carbocycles. The summed E-state index contributed by atoms with van der Waals surface area (Å²) in [6, 6.07) is 0.598. The lowest BCUT2D eigenvalue weighted by molar-refractivity contribution is -0.134. The number of piperidine rings is 1. The third kappa shape index (κ3) is 4.19. The fourth-order valence-corrected chi connectivity index (χ4v) is 3.47. The molecule has 1 N–H and O–H groups in total. The van der Waals surface area contributed by atoms with Gasteiger partial charge in [-0.1, -0.05) is 6.92 Å². The van der Waals surface area contributed by atoms with Crippen LogP contribution >= 0.6 is 0 Å². The number of carbonyl (C=O) groups excluding carboxylic acids is 1. The topological polar surface area (TPSA) is 35.6 Å². The average molecular weight is 281 g/mol. The monoisotopic (exact) mass is 281 g/mol. The van der Waals surface area contributed by atoms with Gasteiger partial charge >= 0.3 is 0 Å². The highest BCUT2D eigenvalue weighted by Gasteiger charge is 2.26. The minimum Gasteiger partial charge on any atom is -0.340 e. The summed E-state index contributed by atoms with van der Waals surface area (Å²) in [6.07, 6.45) is 3.21. The second-order valence-electron chi connectivity index (χ2n) is 6.78. The molecule has 116 valence electrons. The van der Waals surface area contributed by atoms with Gasteiger partial charge in [0.25, 0.3) is 0 Å². The molecule has 4 heteroatoms. The van der Waals surface area contributed by atoms with Gasteiger partial charge in [0.05, 0.1) is 0 Å². The SMILES string of the molecule is CC(CC(=O)N1CCN(C(C)C)CC1)C1CCNCC1. The van der Waals surface area contributed by atoms with Crippen LogP contribution in [-0.2, 0) is 4.79 Å². The van der Waals surface area contributed by atoms with Crippen molar-refractivity contribution in [3.8, 4) is 0 Å². The van der Waals surface area contributed by atoms with Crippen molar-refractivity contribution >= 4 is 5.91 Å². The number of hydrogen-bond donors (Lipinski definition) is 1. The van der Waals surface area contributed by atoms with E-state index in [-0.39, 0.29) is 0 Å². The van der Waals surface area contributed by atoms with Gasteiger partial charge < -0.3 is 10.2 Å². The highest BCUT2D eigenvalue weighted by atomic mass is 16.2. The molecule has 2 saturated heterocycles. The summed E-state index contributed by atoms with van der Waals surface area (Å²) in [5, 5.41) is 3.40. The molecule has 4 nitrogen and oxygen atoms in total. The second kappa shape index (κ2) is 7.41. The summed E-state index contributed by atoms with van der Waals surface area (Å²) in [6.45, 7) is 12.9. The molecular formula is C16H31N3O. The lowest BCUT2D eigenvalue weighted by Gasteiger charge is -2.38. The Kier molecular flexibility index (Phi) is 5.85. The summed E-state index contributed by atoms with van der Waals surface area (Å²) in [5.41, 5.74) is 0. The van der Waals surface area contributed by atoms with Crippen molar-refractivity contribution in [3.63, 3.8) is 0 Å². The Hall–Kier alpha value is -0.610. The molecule has 20 heavy (non-hydrogen) atoms. The minimum atomic E-state index is 0.374. The summed E-state index contributed by atoms with van der Waals surface area (Å²) < 4.78 is 0. The number of piperazine rings is 1. The molecule has 0 aromatic heterocycles. The van der Waals surface area contributed by atoms with Gasteiger partial charge in [0.2, 0.25) is 5.91 Å². The Bertz CT molecular complexity index is 305. The van der Waals surface area contributed by atoms with Crippen molar-refractivity contribution in [2.24, 2.45) is 11.8 Å². The number of nitrogens with one attached hydrogen (secondary N) is 1. The van der Waals surface area contributed by atoms with Crippen LogP contribution in [0.3, 0.4) is 0 Å². The molecule has 2 rings (SSSR count). The van der Waals surface area contributed by atoms with Gasteiger partial charge in [-0.25, -0.2) is 0 Å². The zero-order valence-corrected chi connectivity index (χ0v) is 13.4. The number of rotatable bonds is 4. The van der Waals surface area contributed by atoms with E-state index in [1.54, 1.807) is 0 Å². The molecule has 0 aromatic carbocycles. The maximum atomic E-state index is 12.4. The van der Waals surface area contributed by atoms with Crippen molar-refractivity contribution in [2.75, 3.05) is 39.3 Å². The van der Waals surface area contributed by atoms with Crippen molar-refractivity contribution in [3.05, 3.63) is 0 Å². The first-order valence-electron chi connectivity index (χ1n) is 8.30. The van der Waals surface area contributed by atoms with Gasteiger partial charge in [-0.3, -0.25) is 9.69 Å². The molecule has 1 atom stereocenters. The fraction of sp³-hybridized carbons (Fsp3) is 0.938. The molecule has 0 radical (unpaired) electrons. The van der Waals surface area contributed by atoms with Gasteiger partial charge in [0, 0.05) is 38.6 Å². The van der Waals surface area contributed by atoms with E-state index in [4.69, 9.17) is 0 Å². The van der Waals surface area contributed by atoms with Crippen molar-refractivity contribution in [1.82, 2.24) is 15.1 Å². The number of nitrogens with zero attached hydrogens (tertiary/aromatic N) is 2. The van der Waals surface area contributed by atoms with Gasteiger partial charge in [-0.2, -0.15) is 0 Å². The van der Waals surface area contributed by atoms with Gasteiger partial charge in [-0.15, -0.1) is 0 Å². The normalized spacial score (nSPS) is 24.1. The van der Waals surface area contributed by atoms with Gasteiger partial charge in [-0.05, 0) is 51.6 Å². The first-order chi connectivity index (χ1) is 9.58. The van der Waals surface area contributed by atoms with E-state index in [0.29, 0.717) is 17.9 Å². The minimum absolute atomic E-state index is 0.374. The van der Waals surface area contributed by atoms with Crippen LogP contribution in [0.5, 0.6) is 0 Å².